The number of hydrogen-bond donors (Lipinski definition) is 1. The third-order valence-corrected chi connectivity index (χ3v) is 4.01. The standard InChI is InChI=1S/C18H17N3/c1-13-15(10-16(11-19)21(13)2)12-20-18-9-5-7-14-6-3-4-8-17(14)18/h3-10,20H,12H2,1-2H3. The number of hydrogen-bond acceptors (Lipinski definition) is 2. The molecule has 0 spiro atoms. The van der Waals surface area contributed by atoms with Crippen LogP contribution in [0.4, 0.5) is 5.69 Å². The maximum atomic E-state index is 9.09. The molecule has 0 atom stereocenters. The molecule has 0 aliphatic rings. The van der Waals surface area contributed by atoms with Gasteiger partial charge < -0.3 is 9.88 Å². The topological polar surface area (TPSA) is 40.8 Å². The highest BCUT2D eigenvalue weighted by atomic mass is 15.0. The van der Waals surface area contributed by atoms with Crippen LogP contribution in [0.5, 0.6) is 0 Å². The first-order valence-corrected chi connectivity index (χ1v) is 6.97. The Hall–Kier alpha value is -2.73. The van der Waals surface area contributed by atoms with Crippen LogP contribution in [0.1, 0.15) is 17.0 Å². The first-order valence-electron chi connectivity index (χ1n) is 6.97. The number of nitrogens with zero attached hydrogens (tertiary/aromatic N) is 2. The van der Waals surface area contributed by atoms with Crippen LogP contribution in [-0.4, -0.2) is 4.57 Å². The summed E-state index contributed by atoms with van der Waals surface area (Å²) < 4.78 is 1.93. The van der Waals surface area contributed by atoms with E-state index >= 15 is 0 Å². The van der Waals surface area contributed by atoms with Crippen molar-refractivity contribution in [3.05, 3.63) is 65.5 Å². The van der Waals surface area contributed by atoms with Crippen molar-refractivity contribution in [3.63, 3.8) is 0 Å². The molecule has 0 fully saturated rings. The van der Waals surface area contributed by atoms with Crippen molar-refractivity contribution < 1.29 is 0 Å². The molecule has 1 N–H and O–H groups in total. The highest BCUT2D eigenvalue weighted by Gasteiger charge is 2.08. The molecule has 0 saturated carbocycles. The lowest BCUT2D eigenvalue weighted by Gasteiger charge is -2.10. The van der Waals surface area contributed by atoms with Crippen molar-refractivity contribution in [1.82, 2.24) is 4.57 Å². The van der Waals surface area contributed by atoms with Crippen molar-refractivity contribution in [2.75, 3.05) is 5.32 Å². The van der Waals surface area contributed by atoms with Gasteiger partial charge in [0, 0.05) is 30.4 Å². The zero-order valence-corrected chi connectivity index (χ0v) is 12.2. The lowest BCUT2D eigenvalue weighted by atomic mass is 10.1. The molecule has 1 aromatic heterocycles. The molecule has 0 aliphatic carbocycles. The average molecular weight is 275 g/mol. The molecule has 2 aromatic carbocycles. The summed E-state index contributed by atoms with van der Waals surface area (Å²) in [5.74, 6) is 0. The van der Waals surface area contributed by atoms with Crippen LogP contribution < -0.4 is 5.32 Å². The van der Waals surface area contributed by atoms with Gasteiger partial charge in [0.05, 0.1) is 0 Å². The van der Waals surface area contributed by atoms with Gasteiger partial charge in [-0.3, -0.25) is 0 Å². The van der Waals surface area contributed by atoms with Crippen LogP contribution in [0.3, 0.4) is 0 Å². The van der Waals surface area contributed by atoms with Crippen molar-refractivity contribution in [1.29, 1.82) is 5.26 Å². The molecule has 3 nitrogen and oxygen atoms in total. The Bertz CT molecular complexity index is 832. The molecule has 3 heteroatoms. The molecule has 3 aromatic rings. The number of aromatic nitrogens is 1. The van der Waals surface area contributed by atoms with Gasteiger partial charge in [-0.2, -0.15) is 5.26 Å². The summed E-state index contributed by atoms with van der Waals surface area (Å²) in [6, 6.07) is 18.8. The van der Waals surface area contributed by atoms with Crippen molar-refractivity contribution in [2.24, 2.45) is 7.05 Å². The largest absolute Gasteiger partial charge is 0.380 e. The SMILES string of the molecule is Cc1c(CNc2cccc3ccccc23)cc(C#N)n1C. The zero-order chi connectivity index (χ0) is 14.8. The summed E-state index contributed by atoms with van der Waals surface area (Å²) in [7, 11) is 1.93. The molecule has 1 heterocycles. The van der Waals surface area contributed by atoms with Gasteiger partial charge in [-0.05, 0) is 30.0 Å². The van der Waals surface area contributed by atoms with Crippen LogP contribution in [0.25, 0.3) is 10.8 Å². The van der Waals surface area contributed by atoms with Gasteiger partial charge >= 0.3 is 0 Å². The van der Waals surface area contributed by atoms with Crippen LogP contribution in [0, 0.1) is 18.3 Å². The Morgan fingerprint density at radius 3 is 2.67 bits per heavy atom. The van der Waals surface area contributed by atoms with E-state index in [-0.39, 0.29) is 0 Å². The minimum Gasteiger partial charge on any atom is -0.380 e. The van der Waals surface area contributed by atoms with E-state index in [0.29, 0.717) is 5.69 Å². The smallest absolute Gasteiger partial charge is 0.120 e. The second-order valence-corrected chi connectivity index (χ2v) is 5.19. The van der Waals surface area contributed by atoms with E-state index < -0.39 is 0 Å². The summed E-state index contributed by atoms with van der Waals surface area (Å²) in [4.78, 5) is 0. The van der Waals surface area contributed by atoms with Gasteiger partial charge in [0.25, 0.3) is 0 Å². The Kier molecular flexibility index (Phi) is 3.37. The third-order valence-electron chi connectivity index (χ3n) is 4.01. The van der Waals surface area contributed by atoms with Crippen LogP contribution in [0.2, 0.25) is 0 Å². The maximum absolute atomic E-state index is 9.09. The van der Waals surface area contributed by atoms with Gasteiger partial charge in [0.1, 0.15) is 11.8 Å². The second kappa shape index (κ2) is 5.34. The molecule has 0 saturated heterocycles. The molecule has 0 radical (unpaired) electrons. The summed E-state index contributed by atoms with van der Waals surface area (Å²) in [5.41, 5.74) is 4.10. The predicted molar refractivity (Wildman–Crippen MR) is 86.1 cm³/mol. The van der Waals surface area contributed by atoms with Gasteiger partial charge in [-0.25, -0.2) is 0 Å². The fraction of sp³-hybridized carbons (Fsp3) is 0.167. The number of benzene rings is 2. The molecule has 0 bridgehead atoms. The highest BCUT2D eigenvalue weighted by Crippen LogP contribution is 2.24. The summed E-state index contributed by atoms with van der Waals surface area (Å²) >= 11 is 0. The average Bonchev–Trinajstić information content (AvgIpc) is 2.80. The lowest BCUT2D eigenvalue weighted by Crippen LogP contribution is -2.01. The van der Waals surface area contributed by atoms with E-state index in [4.69, 9.17) is 5.26 Å². The first-order chi connectivity index (χ1) is 10.2. The number of nitrogens with one attached hydrogen (secondary N) is 1. The van der Waals surface area contributed by atoms with Crippen LogP contribution in [0.15, 0.2) is 48.5 Å². The van der Waals surface area contributed by atoms with E-state index in [1.54, 1.807) is 0 Å². The fourth-order valence-corrected chi connectivity index (χ4v) is 2.62. The van der Waals surface area contributed by atoms with E-state index in [0.717, 1.165) is 23.5 Å². The number of anilines is 1. The minimum atomic E-state index is 0.696. The fourth-order valence-electron chi connectivity index (χ4n) is 2.62. The van der Waals surface area contributed by atoms with E-state index in [2.05, 4.69) is 47.8 Å². The lowest BCUT2D eigenvalue weighted by molar-refractivity contribution is 0.856. The maximum Gasteiger partial charge on any atom is 0.120 e. The number of fused-ring (bicyclic) bond motifs is 1. The van der Waals surface area contributed by atoms with Crippen molar-refractivity contribution in [3.8, 4) is 6.07 Å². The molecule has 104 valence electrons. The van der Waals surface area contributed by atoms with E-state index in [1.807, 2.05) is 30.7 Å². The monoisotopic (exact) mass is 275 g/mol. The van der Waals surface area contributed by atoms with E-state index in [9.17, 15) is 0 Å². The zero-order valence-electron chi connectivity index (χ0n) is 12.2. The number of rotatable bonds is 3. The summed E-state index contributed by atoms with van der Waals surface area (Å²) in [5, 5.41) is 15.0. The Labute approximate surface area is 124 Å². The van der Waals surface area contributed by atoms with Crippen LogP contribution >= 0.6 is 0 Å². The Morgan fingerprint density at radius 1 is 1.14 bits per heavy atom. The molecule has 3 rings (SSSR count). The number of nitriles is 1. The molecular formula is C18H17N3. The molecule has 21 heavy (non-hydrogen) atoms. The third kappa shape index (κ3) is 2.36. The Balaban J connectivity index is 1.89. The van der Waals surface area contributed by atoms with Gasteiger partial charge in [0.15, 0.2) is 0 Å². The van der Waals surface area contributed by atoms with Gasteiger partial charge in [-0.15, -0.1) is 0 Å². The minimum absolute atomic E-state index is 0.696. The predicted octanol–water partition coefficient (Wildman–Crippen LogP) is 3.97. The molecule has 0 unspecified atom stereocenters. The summed E-state index contributed by atoms with van der Waals surface area (Å²) in [6.07, 6.45) is 0. The van der Waals surface area contributed by atoms with Gasteiger partial charge in [-0.1, -0.05) is 36.4 Å². The van der Waals surface area contributed by atoms with E-state index in [1.165, 1.54) is 10.8 Å². The Morgan fingerprint density at radius 2 is 1.90 bits per heavy atom. The second-order valence-electron chi connectivity index (χ2n) is 5.19. The normalized spacial score (nSPS) is 10.5. The molecule has 0 aliphatic heterocycles. The summed E-state index contributed by atoms with van der Waals surface area (Å²) in [6.45, 7) is 2.76. The van der Waals surface area contributed by atoms with Crippen LogP contribution in [-0.2, 0) is 13.6 Å². The van der Waals surface area contributed by atoms with Crippen molar-refractivity contribution in [2.45, 2.75) is 13.5 Å². The highest BCUT2D eigenvalue weighted by molar-refractivity contribution is 5.93. The molecular weight excluding hydrogens is 258 g/mol. The molecule has 0 amide bonds. The van der Waals surface area contributed by atoms with Crippen molar-refractivity contribution >= 4 is 16.5 Å². The van der Waals surface area contributed by atoms with Gasteiger partial charge in [0.2, 0.25) is 0 Å². The quantitative estimate of drug-likeness (QED) is 0.785. The first kappa shape index (κ1) is 13.3.